The molecule has 0 N–H and O–H groups in total. The summed E-state index contributed by atoms with van der Waals surface area (Å²) in [6, 6.07) is 19.8. The number of nitrogens with zero attached hydrogens (tertiary/aromatic N) is 1. The van der Waals surface area contributed by atoms with Gasteiger partial charge in [-0.1, -0.05) is 48.5 Å². The molecule has 3 aromatic rings. The Bertz CT molecular complexity index is 1410. The number of hydrogen-bond acceptors (Lipinski definition) is 7. The highest BCUT2D eigenvalue weighted by atomic mass is 16.5. The van der Waals surface area contributed by atoms with Gasteiger partial charge in [0.05, 0.1) is 37.8 Å². The molecule has 180 valence electrons. The summed E-state index contributed by atoms with van der Waals surface area (Å²) >= 11 is 0. The first-order chi connectivity index (χ1) is 17.4. The summed E-state index contributed by atoms with van der Waals surface area (Å²) in [5, 5.41) is 0. The van der Waals surface area contributed by atoms with Crippen LogP contribution in [0.2, 0.25) is 0 Å². The van der Waals surface area contributed by atoms with E-state index >= 15 is 0 Å². The molecule has 0 saturated carbocycles. The molecule has 8 heteroatoms. The number of carbonyl (C=O) groups excluding carboxylic acids is 4. The number of fused-ring (bicyclic) bond motifs is 3. The molecule has 3 aromatic carbocycles. The van der Waals surface area contributed by atoms with Crippen LogP contribution in [-0.4, -0.2) is 43.2 Å². The largest absolute Gasteiger partial charge is 0.493 e. The molecule has 2 saturated heterocycles. The highest BCUT2D eigenvalue weighted by Gasteiger charge is 2.74. The predicted molar refractivity (Wildman–Crippen MR) is 127 cm³/mol. The first-order valence-corrected chi connectivity index (χ1v) is 11.4. The molecule has 1 aliphatic carbocycles. The van der Waals surface area contributed by atoms with Gasteiger partial charge in [-0.05, 0) is 29.8 Å². The third-order valence-corrected chi connectivity index (χ3v) is 7.27. The van der Waals surface area contributed by atoms with Crippen molar-refractivity contribution < 1.29 is 33.4 Å². The summed E-state index contributed by atoms with van der Waals surface area (Å²) in [6.07, 6.45) is -1.04. The highest BCUT2D eigenvalue weighted by molar-refractivity contribution is 6.37. The zero-order valence-corrected chi connectivity index (χ0v) is 19.5. The van der Waals surface area contributed by atoms with Gasteiger partial charge in [0.1, 0.15) is 0 Å². The Morgan fingerprint density at radius 2 is 1.36 bits per heavy atom. The highest BCUT2D eigenvalue weighted by Crippen LogP contribution is 2.58. The zero-order chi connectivity index (χ0) is 25.2. The molecule has 2 heterocycles. The Kier molecular flexibility index (Phi) is 4.84. The maximum atomic E-state index is 13.9. The molecule has 0 bridgehead atoms. The number of anilines is 1. The summed E-state index contributed by atoms with van der Waals surface area (Å²) in [5.41, 5.74) is -0.881. The van der Waals surface area contributed by atoms with E-state index in [1.54, 1.807) is 72.8 Å². The minimum Gasteiger partial charge on any atom is -0.493 e. The predicted octanol–water partition coefficient (Wildman–Crippen LogP) is 3.40. The van der Waals surface area contributed by atoms with Gasteiger partial charge in [-0.15, -0.1) is 0 Å². The Morgan fingerprint density at radius 3 is 1.97 bits per heavy atom. The van der Waals surface area contributed by atoms with Gasteiger partial charge >= 0.3 is 0 Å². The summed E-state index contributed by atoms with van der Waals surface area (Å²) < 4.78 is 17.0. The molecule has 1 spiro atoms. The van der Waals surface area contributed by atoms with Crippen molar-refractivity contribution in [1.29, 1.82) is 0 Å². The monoisotopic (exact) mass is 483 g/mol. The fourth-order valence-electron chi connectivity index (χ4n) is 5.68. The van der Waals surface area contributed by atoms with E-state index in [1.807, 2.05) is 0 Å². The number of imide groups is 1. The minimum atomic E-state index is -2.12. The minimum absolute atomic E-state index is 0.188. The molecule has 8 nitrogen and oxygen atoms in total. The molecule has 2 amide bonds. The van der Waals surface area contributed by atoms with E-state index in [9.17, 15) is 19.2 Å². The fourth-order valence-corrected chi connectivity index (χ4v) is 5.68. The van der Waals surface area contributed by atoms with E-state index in [1.165, 1.54) is 14.2 Å². The molecule has 0 radical (unpaired) electrons. The van der Waals surface area contributed by atoms with Gasteiger partial charge in [0, 0.05) is 11.1 Å². The Balaban J connectivity index is 1.54. The van der Waals surface area contributed by atoms with Gasteiger partial charge < -0.3 is 14.2 Å². The van der Waals surface area contributed by atoms with Gasteiger partial charge in [0.25, 0.3) is 0 Å². The van der Waals surface area contributed by atoms with E-state index in [-0.39, 0.29) is 11.1 Å². The van der Waals surface area contributed by atoms with Gasteiger partial charge in [0.15, 0.2) is 11.5 Å². The second kappa shape index (κ2) is 7.86. The average molecular weight is 483 g/mol. The number of methoxy groups -OCH3 is 2. The number of rotatable bonds is 4. The van der Waals surface area contributed by atoms with Crippen LogP contribution < -0.4 is 14.4 Å². The van der Waals surface area contributed by atoms with Crippen LogP contribution in [0.3, 0.4) is 0 Å². The molecule has 6 rings (SSSR count). The van der Waals surface area contributed by atoms with E-state index in [0.29, 0.717) is 22.7 Å². The molecule has 2 aliphatic heterocycles. The Hall–Kier alpha value is -4.30. The SMILES string of the molecule is COc1ccc(C2OC3(C(=O)c4ccccc4C3=O)C3C(=O)N(c4ccccc4)C(=O)C23)cc1OC. The van der Waals surface area contributed by atoms with Crippen LogP contribution in [0.1, 0.15) is 32.4 Å². The van der Waals surface area contributed by atoms with Crippen molar-refractivity contribution in [3.63, 3.8) is 0 Å². The lowest BCUT2D eigenvalue weighted by Crippen LogP contribution is -2.51. The van der Waals surface area contributed by atoms with Gasteiger partial charge in [0.2, 0.25) is 29.0 Å². The standard InChI is InChI=1S/C28H21NO7/c1-34-19-13-12-15(14-20(19)35-2)23-21-22(27(33)29(26(21)32)16-8-4-3-5-9-16)28(36-23)24(30)17-10-6-7-11-18(17)25(28)31/h3-14,21-23H,1-2H3. The van der Waals surface area contributed by atoms with Gasteiger partial charge in [-0.2, -0.15) is 0 Å². The third-order valence-electron chi connectivity index (χ3n) is 7.27. The number of benzene rings is 3. The van der Waals surface area contributed by atoms with Crippen molar-refractivity contribution >= 4 is 29.1 Å². The first-order valence-electron chi connectivity index (χ1n) is 11.4. The first kappa shape index (κ1) is 22.2. The van der Waals surface area contributed by atoms with E-state index in [2.05, 4.69) is 0 Å². The van der Waals surface area contributed by atoms with E-state index in [4.69, 9.17) is 14.2 Å². The van der Waals surface area contributed by atoms with E-state index in [0.717, 1.165) is 4.90 Å². The van der Waals surface area contributed by atoms with Crippen molar-refractivity contribution in [2.24, 2.45) is 11.8 Å². The third kappa shape index (κ3) is 2.73. The van der Waals surface area contributed by atoms with Crippen LogP contribution >= 0.6 is 0 Å². The Labute approximate surface area is 206 Å². The maximum absolute atomic E-state index is 13.9. The molecule has 2 fully saturated rings. The number of ketones is 2. The summed E-state index contributed by atoms with van der Waals surface area (Å²) in [6.45, 7) is 0. The number of amides is 2. The van der Waals surface area contributed by atoms with Crippen molar-refractivity contribution in [2.45, 2.75) is 11.7 Å². The average Bonchev–Trinajstić information content (AvgIpc) is 3.48. The lowest BCUT2D eigenvalue weighted by atomic mass is 9.77. The molecule has 3 unspecified atom stereocenters. The molecule has 3 aliphatic rings. The number of para-hydroxylation sites is 1. The smallest absolute Gasteiger partial charge is 0.241 e. The maximum Gasteiger partial charge on any atom is 0.241 e. The molecule has 36 heavy (non-hydrogen) atoms. The lowest BCUT2D eigenvalue weighted by Gasteiger charge is -2.27. The fraction of sp³-hybridized carbons (Fsp3) is 0.214. The summed E-state index contributed by atoms with van der Waals surface area (Å²) in [5.74, 6) is -3.90. The van der Waals surface area contributed by atoms with Gasteiger partial charge in [-0.3, -0.25) is 19.2 Å². The number of carbonyl (C=O) groups is 4. The van der Waals surface area contributed by atoms with Crippen LogP contribution in [0, 0.1) is 11.8 Å². The summed E-state index contributed by atoms with van der Waals surface area (Å²) in [4.78, 5) is 56.4. The van der Waals surface area contributed by atoms with Crippen molar-refractivity contribution in [3.8, 4) is 11.5 Å². The Morgan fingerprint density at radius 1 is 0.750 bits per heavy atom. The zero-order valence-electron chi connectivity index (χ0n) is 19.5. The van der Waals surface area contributed by atoms with E-state index < -0.39 is 46.9 Å². The number of Topliss-reactive ketones (excluding diaryl/α,β-unsaturated/α-hetero) is 2. The molecule has 3 atom stereocenters. The van der Waals surface area contributed by atoms with Crippen molar-refractivity contribution in [2.75, 3.05) is 19.1 Å². The molecular formula is C28H21NO7. The molecule has 0 aromatic heterocycles. The second-order valence-corrected chi connectivity index (χ2v) is 8.94. The van der Waals surface area contributed by atoms with Crippen LogP contribution in [0.25, 0.3) is 0 Å². The molecular weight excluding hydrogens is 462 g/mol. The number of ether oxygens (including phenoxy) is 3. The lowest BCUT2D eigenvalue weighted by molar-refractivity contribution is -0.127. The normalized spacial score (nSPS) is 23.8. The van der Waals surface area contributed by atoms with Crippen LogP contribution in [0.4, 0.5) is 5.69 Å². The van der Waals surface area contributed by atoms with Gasteiger partial charge in [-0.25, -0.2) is 4.90 Å². The second-order valence-electron chi connectivity index (χ2n) is 8.94. The quantitative estimate of drug-likeness (QED) is 0.414. The van der Waals surface area contributed by atoms with Crippen molar-refractivity contribution in [3.05, 3.63) is 89.5 Å². The summed E-state index contributed by atoms with van der Waals surface area (Å²) in [7, 11) is 2.97. The van der Waals surface area contributed by atoms with Crippen molar-refractivity contribution in [1.82, 2.24) is 0 Å². The number of hydrogen-bond donors (Lipinski definition) is 0. The van der Waals surface area contributed by atoms with Crippen LogP contribution in [0.15, 0.2) is 72.8 Å². The topological polar surface area (TPSA) is 99.2 Å². The van der Waals surface area contributed by atoms with Crippen LogP contribution in [-0.2, 0) is 14.3 Å². The van der Waals surface area contributed by atoms with Crippen LogP contribution in [0.5, 0.6) is 11.5 Å².